The molecule has 7 heteroatoms. The zero-order valence-electron chi connectivity index (χ0n) is 9.61. The number of para-hydroxylation sites is 1. The average Bonchev–Trinajstić information content (AvgIpc) is 2.61. The van der Waals surface area contributed by atoms with Crippen LogP contribution < -0.4 is 10.6 Å². The van der Waals surface area contributed by atoms with Crippen molar-refractivity contribution in [1.29, 1.82) is 0 Å². The molecule has 0 saturated carbocycles. The topological polar surface area (TPSA) is 56.7 Å². The maximum Gasteiger partial charge on any atom is 0.246 e. The maximum atomic E-state index is 13.4. The van der Waals surface area contributed by atoms with Gasteiger partial charge in [-0.2, -0.15) is 4.99 Å². The molecule has 94 valence electrons. The van der Waals surface area contributed by atoms with Crippen molar-refractivity contribution >= 4 is 34.9 Å². The number of aliphatic imine (C=N–C) groups is 1. The zero-order valence-corrected chi connectivity index (χ0v) is 10.4. The molecule has 1 heterocycles. The van der Waals surface area contributed by atoms with Crippen molar-refractivity contribution in [3.05, 3.63) is 30.1 Å². The SMILES string of the molecule is CN1CC(=O)N/C1=N/C(=S)Nc1ccccc1F. The van der Waals surface area contributed by atoms with E-state index in [1.54, 1.807) is 30.1 Å². The lowest BCUT2D eigenvalue weighted by Gasteiger charge is -2.10. The van der Waals surface area contributed by atoms with Crippen LogP contribution in [0.2, 0.25) is 0 Å². The van der Waals surface area contributed by atoms with Crippen LogP contribution in [0, 0.1) is 5.82 Å². The fraction of sp³-hybridized carbons (Fsp3) is 0.182. The number of halogens is 1. The largest absolute Gasteiger partial charge is 0.336 e. The second kappa shape index (κ2) is 5.09. The lowest BCUT2D eigenvalue weighted by molar-refractivity contribution is -0.118. The summed E-state index contributed by atoms with van der Waals surface area (Å²) in [5, 5.41) is 5.30. The summed E-state index contributed by atoms with van der Waals surface area (Å²) in [6.07, 6.45) is 0. The summed E-state index contributed by atoms with van der Waals surface area (Å²) in [5.41, 5.74) is 0.249. The molecule has 0 atom stereocenters. The van der Waals surface area contributed by atoms with Crippen LogP contribution in [-0.4, -0.2) is 35.5 Å². The van der Waals surface area contributed by atoms with Crippen LogP contribution in [0.25, 0.3) is 0 Å². The van der Waals surface area contributed by atoms with Gasteiger partial charge in [0.05, 0.1) is 12.2 Å². The highest BCUT2D eigenvalue weighted by atomic mass is 32.1. The van der Waals surface area contributed by atoms with E-state index in [-0.39, 0.29) is 23.3 Å². The molecule has 0 unspecified atom stereocenters. The Morgan fingerprint density at radius 2 is 2.28 bits per heavy atom. The quantitative estimate of drug-likeness (QED) is 0.743. The Kier molecular flexibility index (Phi) is 3.52. The van der Waals surface area contributed by atoms with Gasteiger partial charge < -0.3 is 10.2 Å². The second-order valence-corrected chi connectivity index (χ2v) is 4.14. The minimum Gasteiger partial charge on any atom is -0.336 e. The summed E-state index contributed by atoms with van der Waals surface area (Å²) in [7, 11) is 1.71. The highest BCUT2D eigenvalue weighted by Gasteiger charge is 2.21. The van der Waals surface area contributed by atoms with Gasteiger partial charge in [0.2, 0.25) is 17.0 Å². The molecular formula is C11H11FN4OS. The molecule has 1 fully saturated rings. The average molecular weight is 266 g/mol. The lowest BCUT2D eigenvalue weighted by atomic mass is 10.3. The number of nitrogens with zero attached hydrogens (tertiary/aromatic N) is 2. The number of benzene rings is 1. The monoisotopic (exact) mass is 266 g/mol. The number of likely N-dealkylation sites (N-methyl/N-ethyl adjacent to an activating group) is 1. The van der Waals surface area contributed by atoms with Crippen molar-refractivity contribution in [3.63, 3.8) is 0 Å². The van der Waals surface area contributed by atoms with Gasteiger partial charge in [-0.1, -0.05) is 12.1 Å². The van der Waals surface area contributed by atoms with E-state index in [9.17, 15) is 9.18 Å². The van der Waals surface area contributed by atoms with Crippen LogP contribution in [0.3, 0.4) is 0 Å². The number of carbonyl (C=O) groups is 1. The third-order valence-corrected chi connectivity index (χ3v) is 2.51. The number of thiocarbonyl (C=S) groups is 1. The molecule has 1 saturated heterocycles. The molecular weight excluding hydrogens is 255 g/mol. The molecule has 5 nitrogen and oxygen atoms in total. The number of rotatable bonds is 1. The van der Waals surface area contributed by atoms with Gasteiger partial charge in [0, 0.05) is 7.05 Å². The van der Waals surface area contributed by atoms with Crippen molar-refractivity contribution in [3.8, 4) is 0 Å². The number of amides is 1. The Bertz CT molecular complexity index is 532. The Balaban J connectivity index is 2.08. The molecule has 1 aromatic carbocycles. The van der Waals surface area contributed by atoms with Crippen molar-refractivity contribution in [2.75, 3.05) is 18.9 Å². The molecule has 18 heavy (non-hydrogen) atoms. The zero-order chi connectivity index (χ0) is 13.1. The maximum absolute atomic E-state index is 13.4. The minimum atomic E-state index is -0.413. The van der Waals surface area contributed by atoms with Crippen molar-refractivity contribution in [1.82, 2.24) is 10.2 Å². The minimum absolute atomic E-state index is 0.0872. The van der Waals surface area contributed by atoms with Gasteiger partial charge in [-0.3, -0.25) is 10.1 Å². The molecule has 2 rings (SSSR count). The second-order valence-electron chi connectivity index (χ2n) is 3.75. The molecule has 1 amide bonds. The first-order valence-corrected chi connectivity index (χ1v) is 5.62. The van der Waals surface area contributed by atoms with Gasteiger partial charge in [0.25, 0.3) is 0 Å². The van der Waals surface area contributed by atoms with Crippen LogP contribution in [0.5, 0.6) is 0 Å². The van der Waals surface area contributed by atoms with Crippen molar-refractivity contribution in [2.45, 2.75) is 0 Å². The number of anilines is 1. The van der Waals surface area contributed by atoms with Crippen LogP contribution in [0.15, 0.2) is 29.3 Å². The molecule has 0 spiro atoms. The third-order valence-electron chi connectivity index (χ3n) is 2.32. The molecule has 0 aromatic heterocycles. The Labute approximate surface area is 109 Å². The summed E-state index contributed by atoms with van der Waals surface area (Å²) < 4.78 is 13.4. The number of nitrogens with one attached hydrogen (secondary N) is 2. The van der Waals surface area contributed by atoms with Gasteiger partial charge in [0.1, 0.15) is 5.82 Å². The molecule has 1 aromatic rings. The normalized spacial score (nSPS) is 16.9. The van der Waals surface area contributed by atoms with Gasteiger partial charge in [0.15, 0.2) is 0 Å². The van der Waals surface area contributed by atoms with Crippen LogP contribution in [0.4, 0.5) is 10.1 Å². The summed E-state index contributed by atoms with van der Waals surface area (Å²) in [6.45, 7) is 0.237. The first-order chi connectivity index (χ1) is 8.56. The van der Waals surface area contributed by atoms with E-state index < -0.39 is 5.82 Å². The Hall–Kier alpha value is -2.02. The molecule has 0 radical (unpaired) electrons. The van der Waals surface area contributed by atoms with Gasteiger partial charge in [-0.25, -0.2) is 4.39 Å². The van der Waals surface area contributed by atoms with Gasteiger partial charge >= 0.3 is 0 Å². The van der Waals surface area contributed by atoms with E-state index in [0.29, 0.717) is 5.96 Å². The van der Waals surface area contributed by atoms with Crippen LogP contribution >= 0.6 is 12.2 Å². The van der Waals surface area contributed by atoms with Crippen LogP contribution in [-0.2, 0) is 4.79 Å². The Morgan fingerprint density at radius 1 is 1.56 bits per heavy atom. The van der Waals surface area contributed by atoms with E-state index in [1.807, 2.05) is 0 Å². The van der Waals surface area contributed by atoms with Gasteiger partial charge in [-0.05, 0) is 24.4 Å². The first-order valence-electron chi connectivity index (χ1n) is 5.21. The predicted molar refractivity (Wildman–Crippen MR) is 70.8 cm³/mol. The molecule has 2 N–H and O–H groups in total. The van der Waals surface area contributed by atoms with E-state index in [1.165, 1.54) is 6.07 Å². The molecule has 1 aliphatic rings. The highest BCUT2D eigenvalue weighted by Crippen LogP contribution is 2.12. The fourth-order valence-electron chi connectivity index (χ4n) is 1.47. The summed E-state index contributed by atoms with van der Waals surface area (Å²) in [6, 6.07) is 6.14. The summed E-state index contributed by atoms with van der Waals surface area (Å²) in [5.74, 6) is -0.206. The standard InChI is InChI=1S/C11H11FN4OS/c1-16-6-9(17)14-10(16)15-11(18)13-8-5-3-2-4-7(8)12/h2-5H,6H2,1H3,(H2,13,14,15,17,18). The van der Waals surface area contributed by atoms with Crippen LogP contribution in [0.1, 0.15) is 0 Å². The van der Waals surface area contributed by atoms with Gasteiger partial charge in [-0.15, -0.1) is 0 Å². The number of carbonyl (C=O) groups excluding carboxylic acids is 1. The smallest absolute Gasteiger partial charge is 0.246 e. The van der Waals surface area contributed by atoms with Crippen molar-refractivity contribution in [2.24, 2.45) is 4.99 Å². The van der Waals surface area contributed by atoms with E-state index in [0.717, 1.165) is 0 Å². The fourth-order valence-corrected chi connectivity index (χ4v) is 1.66. The Morgan fingerprint density at radius 3 is 2.89 bits per heavy atom. The molecule has 0 aliphatic carbocycles. The number of hydrogen-bond donors (Lipinski definition) is 2. The van der Waals surface area contributed by atoms with E-state index in [2.05, 4.69) is 15.6 Å². The lowest BCUT2D eigenvalue weighted by Crippen LogP contribution is -2.29. The molecule has 0 bridgehead atoms. The summed E-state index contributed by atoms with van der Waals surface area (Å²) >= 11 is 4.98. The highest BCUT2D eigenvalue weighted by molar-refractivity contribution is 7.80. The van der Waals surface area contributed by atoms with Crippen molar-refractivity contribution < 1.29 is 9.18 Å². The number of guanidine groups is 1. The first kappa shape index (κ1) is 12.4. The van der Waals surface area contributed by atoms with E-state index in [4.69, 9.17) is 12.2 Å². The van der Waals surface area contributed by atoms with E-state index >= 15 is 0 Å². The summed E-state index contributed by atoms with van der Waals surface area (Å²) in [4.78, 5) is 16.7. The molecule has 1 aliphatic heterocycles. The number of hydrogen-bond acceptors (Lipinski definition) is 2. The third kappa shape index (κ3) is 2.80. The predicted octanol–water partition coefficient (Wildman–Crippen LogP) is 0.940.